The lowest BCUT2D eigenvalue weighted by Crippen LogP contribution is -1.94. The fourth-order valence-corrected chi connectivity index (χ4v) is 0.535. The van der Waals surface area contributed by atoms with Crippen LogP contribution in [0, 0.1) is 21.9 Å². The maximum absolute atomic E-state index is 12.4. The summed E-state index contributed by atoms with van der Waals surface area (Å²) in [7, 11) is 0. The fraction of sp³-hybridized carbons (Fsp3) is 0. The van der Waals surface area contributed by atoms with Crippen molar-refractivity contribution >= 4 is 5.69 Å². The molecule has 1 rings (SSSR count). The first-order chi connectivity index (χ1) is 5.11. The second-order valence-corrected chi connectivity index (χ2v) is 1.72. The molecule has 1 heterocycles. The molecule has 0 atom stereocenters. The van der Waals surface area contributed by atoms with Crippen LogP contribution < -0.4 is 0 Å². The van der Waals surface area contributed by atoms with E-state index in [4.69, 9.17) is 0 Å². The largest absolute Gasteiger partial charge is 0.323 e. The van der Waals surface area contributed by atoms with Crippen LogP contribution in [0.2, 0.25) is 0 Å². The average Bonchev–Trinajstić information content (AvgIpc) is 1.85. The lowest BCUT2D eigenvalue weighted by atomic mass is 10.4. The molecule has 11 heavy (non-hydrogen) atoms. The number of hydrogen-bond acceptors (Lipinski definition) is 3. The Bertz CT molecular complexity index is 303. The lowest BCUT2D eigenvalue weighted by Gasteiger charge is -1.90. The van der Waals surface area contributed by atoms with Crippen molar-refractivity contribution in [2.75, 3.05) is 0 Å². The first-order valence-electron chi connectivity index (χ1n) is 2.56. The zero-order chi connectivity index (χ0) is 8.43. The number of halogens is 2. The van der Waals surface area contributed by atoms with Crippen LogP contribution in [-0.2, 0) is 0 Å². The first-order valence-corrected chi connectivity index (χ1v) is 2.56. The van der Waals surface area contributed by atoms with Crippen LogP contribution in [0.5, 0.6) is 0 Å². The quantitative estimate of drug-likeness (QED) is 0.353. The molecule has 0 fully saturated rings. The monoisotopic (exact) mass is 160 g/mol. The highest BCUT2D eigenvalue weighted by molar-refractivity contribution is 5.26. The van der Waals surface area contributed by atoms with Gasteiger partial charge >= 0.3 is 5.69 Å². The van der Waals surface area contributed by atoms with Crippen LogP contribution in [-0.4, -0.2) is 9.91 Å². The minimum Gasteiger partial charge on any atom is -0.258 e. The second-order valence-electron chi connectivity index (χ2n) is 1.72. The Balaban J connectivity index is 3.20. The average molecular weight is 160 g/mol. The molecule has 6 heteroatoms. The van der Waals surface area contributed by atoms with Gasteiger partial charge in [-0.1, -0.05) is 0 Å². The Morgan fingerprint density at radius 3 is 2.64 bits per heavy atom. The Morgan fingerprint density at radius 1 is 1.55 bits per heavy atom. The Kier molecular flexibility index (Phi) is 1.75. The molecule has 0 aliphatic heterocycles. The summed E-state index contributed by atoms with van der Waals surface area (Å²) < 4.78 is 24.4. The summed E-state index contributed by atoms with van der Waals surface area (Å²) in [4.78, 5) is 11.9. The summed E-state index contributed by atoms with van der Waals surface area (Å²) in [5.74, 6) is -2.30. The van der Waals surface area contributed by atoms with E-state index in [9.17, 15) is 18.9 Å². The molecule has 0 spiro atoms. The number of aromatic nitrogens is 1. The van der Waals surface area contributed by atoms with Gasteiger partial charge in [-0.15, -0.1) is 0 Å². The molecule has 0 saturated carbocycles. The molecular formula is C5H2F2N2O2. The zero-order valence-electron chi connectivity index (χ0n) is 5.12. The van der Waals surface area contributed by atoms with E-state index in [0.717, 1.165) is 0 Å². The van der Waals surface area contributed by atoms with Gasteiger partial charge < -0.3 is 0 Å². The van der Waals surface area contributed by atoms with Gasteiger partial charge in [-0.05, 0) is 0 Å². The second kappa shape index (κ2) is 2.57. The molecule has 0 aromatic carbocycles. The van der Waals surface area contributed by atoms with Gasteiger partial charge in [0.2, 0.25) is 11.8 Å². The molecule has 0 aliphatic rings. The fourth-order valence-electron chi connectivity index (χ4n) is 0.535. The van der Waals surface area contributed by atoms with Crippen molar-refractivity contribution in [1.82, 2.24) is 4.98 Å². The maximum Gasteiger partial charge on any atom is 0.323 e. The summed E-state index contributed by atoms with van der Waals surface area (Å²) in [6.45, 7) is 0. The Morgan fingerprint density at radius 2 is 2.18 bits per heavy atom. The van der Waals surface area contributed by atoms with Crippen LogP contribution in [0.1, 0.15) is 0 Å². The normalized spacial score (nSPS) is 9.64. The summed E-state index contributed by atoms with van der Waals surface area (Å²) in [6.07, 6.45) is 0.532. The highest BCUT2D eigenvalue weighted by Gasteiger charge is 2.14. The van der Waals surface area contributed by atoms with Crippen LogP contribution in [0.3, 0.4) is 0 Å². The van der Waals surface area contributed by atoms with Crippen molar-refractivity contribution in [2.24, 2.45) is 0 Å². The SMILES string of the molecule is O=[N+]([O-])c1cnc(F)cc1F. The standard InChI is InChI=1S/C5H2F2N2O2/c6-3-1-5(7)8-2-4(3)9(10)11/h1-2H. The minimum absolute atomic E-state index is 0.359. The van der Waals surface area contributed by atoms with Crippen LogP contribution in [0.4, 0.5) is 14.5 Å². The van der Waals surface area contributed by atoms with Crippen molar-refractivity contribution in [2.45, 2.75) is 0 Å². The summed E-state index contributed by atoms with van der Waals surface area (Å²) in [6, 6.07) is 0.359. The smallest absolute Gasteiger partial charge is 0.258 e. The van der Waals surface area contributed by atoms with E-state index in [0.29, 0.717) is 12.3 Å². The van der Waals surface area contributed by atoms with E-state index in [1.54, 1.807) is 0 Å². The van der Waals surface area contributed by atoms with Gasteiger partial charge in [0.1, 0.15) is 6.20 Å². The van der Waals surface area contributed by atoms with Gasteiger partial charge in [0.05, 0.1) is 4.92 Å². The van der Waals surface area contributed by atoms with E-state index >= 15 is 0 Å². The molecule has 0 aliphatic carbocycles. The van der Waals surface area contributed by atoms with Crippen molar-refractivity contribution in [3.05, 3.63) is 34.1 Å². The molecule has 1 aromatic heterocycles. The molecule has 58 valence electrons. The molecular weight excluding hydrogens is 158 g/mol. The van der Waals surface area contributed by atoms with E-state index in [2.05, 4.69) is 4.98 Å². The lowest BCUT2D eigenvalue weighted by molar-refractivity contribution is -0.387. The van der Waals surface area contributed by atoms with Crippen LogP contribution in [0.25, 0.3) is 0 Å². The highest BCUT2D eigenvalue weighted by Crippen LogP contribution is 2.14. The molecule has 0 amide bonds. The van der Waals surface area contributed by atoms with Crippen LogP contribution >= 0.6 is 0 Å². The van der Waals surface area contributed by atoms with E-state index in [-0.39, 0.29) is 0 Å². The third-order valence-corrected chi connectivity index (χ3v) is 0.997. The van der Waals surface area contributed by atoms with Crippen molar-refractivity contribution < 1.29 is 13.7 Å². The van der Waals surface area contributed by atoms with Gasteiger partial charge in [-0.25, -0.2) is 4.98 Å². The number of pyridine rings is 1. The highest BCUT2D eigenvalue weighted by atomic mass is 19.1. The molecule has 1 aromatic rings. The maximum atomic E-state index is 12.4. The number of nitrogens with zero attached hydrogens (tertiary/aromatic N) is 2. The van der Waals surface area contributed by atoms with E-state index in [1.165, 1.54) is 0 Å². The summed E-state index contributed by atoms with van der Waals surface area (Å²) in [5, 5.41) is 9.94. The molecule has 0 bridgehead atoms. The van der Waals surface area contributed by atoms with Crippen molar-refractivity contribution in [3.8, 4) is 0 Å². The van der Waals surface area contributed by atoms with Gasteiger partial charge in [-0.2, -0.15) is 8.78 Å². The van der Waals surface area contributed by atoms with E-state index < -0.39 is 22.4 Å². The third kappa shape index (κ3) is 1.46. The Labute approximate surface area is 59.6 Å². The minimum atomic E-state index is -1.22. The van der Waals surface area contributed by atoms with E-state index in [1.807, 2.05) is 0 Å². The topological polar surface area (TPSA) is 56.0 Å². The molecule has 0 N–H and O–H groups in total. The predicted molar refractivity (Wildman–Crippen MR) is 30.8 cm³/mol. The predicted octanol–water partition coefficient (Wildman–Crippen LogP) is 1.27. The van der Waals surface area contributed by atoms with Gasteiger partial charge in [0.15, 0.2) is 0 Å². The molecule has 0 unspecified atom stereocenters. The Hall–Kier alpha value is -1.59. The summed E-state index contributed by atoms with van der Waals surface area (Å²) >= 11 is 0. The molecule has 4 nitrogen and oxygen atoms in total. The third-order valence-electron chi connectivity index (χ3n) is 0.997. The van der Waals surface area contributed by atoms with Crippen molar-refractivity contribution in [3.63, 3.8) is 0 Å². The van der Waals surface area contributed by atoms with Gasteiger partial charge in [-0.3, -0.25) is 10.1 Å². The number of rotatable bonds is 1. The van der Waals surface area contributed by atoms with Crippen molar-refractivity contribution in [1.29, 1.82) is 0 Å². The van der Waals surface area contributed by atoms with Crippen LogP contribution in [0.15, 0.2) is 12.3 Å². The summed E-state index contributed by atoms with van der Waals surface area (Å²) in [5.41, 5.74) is -0.827. The zero-order valence-corrected chi connectivity index (χ0v) is 5.12. The number of hydrogen-bond donors (Lipinski definition) is 0. The molecule has 0 radical (unpaired) electrons. The molecule has 0 saturated heterocycles. The van der Waals surface area contributed by atoms with Gasteiger partial charge in [0, 0.05) is 6.07 Å². The first kappa shape index (κ1) is 7.52. The van der Waals surface area contributed by atoms with Gasteiger partial charge in [0.25, 0.3) is 0 Å². The number of nitro groups is 1.